The van der Waals surface area contributed by atoms with E-state index in [1.807, 2.05) is 0 Å². The fourth-order valence-electron chi connectivity index (χ4n) is 2.54. The molecule has 1 fully saturated rings. The van der Waals surface area contributed by atoms with Crippen LogP contribution in [0.4, 0.5) is 5.95 Å². The van der Waals surface area contributed by atoms with Crippen molar-refractivity contribution in [2.45, 2.75) is 26.3 Å². The molecule has 112 valence electrons. The Kier molecular flexibility index (Phi) is 3.99. The third-order valence-corrected chi connectivity index (χ3v) is 5.07. The van der Waals surface area contributed by atoms with Gasteiger partial charge in [0.2, 0.25) is 5.95 Å². The fourth-order valence-corrected chi connectivity index (χ4v) is 2.92. The number of halogens is 1. The molecule has 1 aromatic heterocycles. The third kappa shape index (κ3) is 2.96. The maximum atomic E-state index is 6.15. The Morgan fingerprint density at radius 2 is 2.24 bits per heavy atom. The minimum absolute atomic E-state index is 0.189. The summed E-state index contributed by atoms with van der Waals surface area (Å²) in [6, 6.07) is 6.37. The number of aromatic amines is 1. The molecule has 1 aliphatic rings. The Morgan fingerprint density at radius 3 is 2.95 bits per heavy atom. The molecule has 0 saturated carbocycles. The van der Waals surface area contributed by atoms with Crippen LogP contribution in [0.25, 0.3) is 11.4 Å². The smallest absolute Gasteiger partial charge is 0.245 e. The summed E-state index contributed by atoms with van der Waals surface area (Å²) >= 11 is 3.55. The molecule has 1 saturated heterocycles. The second kappa shape index (κ2) is 5.77. The van der Waals surface area contributed by atoms with Crippen LogP contribution < -0.4 is 10.6 Å². The van der Waals surface area contributed by atoms with E-state index in [2.05, 4.69) is 68.1 Å². The summed E-state index contributed by atoms with van der Waals surface area (Å²) in [7, 11) is 0. The first-order chi connectivity index (χ1) is 10.0. The van der Waals surface area contributed by atoms with Gasteiger partial charge in [0.15, 0.2) is 5.82 Å². The molecule has 2 atom stereocenters. The van der Waals surface area contributed by atoms with Crippen LogP contribution in [0.2, 0.25) is 0 Å². The Hall–Kier alpha value is -1.40. The Labute approximate surface area is 133 Å². The van der Waals surface area contributed by atoms with Crippen molar-refractivity contribution in [1.82, 2.24) is 15.2 Å². The first-order valence-electron chi connectivity index (χ1n) is 7.24. The zero-order valence-electron chi connectivity index (χ0n) is 12.3. The molecule has 3 rings (SSSR count). The Balaban J connectivity index is 1.81. The number of rotatable bonds is 2. The lowest BCUT2D eigenvalue weighted by Crippen LogP contribution is -2.48. The largest absolute Gasteiger partial charge is 0.338 e. The average Bonchev–Trinajstić information content (AvgIpc) is 2.94. The number of hydrogen-bond acceptors (Lipinski definition) is 4. The maximum Gasteiger partial charge on any atom is 0.245 e. The predicted octanol–water partition coefficient (Wildman–Crippen LogP) is 2.72. The van der Waals surface area contributed by atoms with Gasteiger partial charge in [-0.1, -0.05) is 35.0 Å². The van der Waals surface area contributed by atoms with Crippen molar-refractivity contribution in [3.8, 4) is 11.4 Å². The molecule has 2 unspecified atom stereocenters. The van der Waals surface area contributed by atoms with E-state index >= 15 is 0 Å². The molecule has 2 heterocycles. The molecule has 2 aromatic rings. The lowest BCUT2D eigenvalue weighted by molar-refractivity contribution is 0.376. The predicted molar refractivity (Wildman–Crippen MR) is 88.2 cm³/mol. The third-order valence-electron chi connectivity index (χ3n) is 4.22. The number of nitrogens with two attached hydrogens (primary N) is 1. The van der Waals surface area contributed by atoms with Gasteiger partial charge in [0, 0.05) is 29.2 Å². The van der Waals surface area contributed by atoms with Crippen molar-refractivity contribution in [1.29, 1.82) is 0 Å². The van der Waals surface area contributed by atoms with Gasteiger partial charge < -0.3 is 10.6 Å². The molecule has 6 heteroatoms. The number of aryl methyl sites for hydroxylation is 1. The van der Waals surface area contributed by atoms with E-state index in [-0.39, 0.29) is 6.04 Å². The molecule has 5 nitrogen and oxygen atoms in total. The maximum absolute atomic E-state index is 6.15. The van der Waals surface area contributed by atoms with Crippen molar-refractivity contribution in [3.63, 3.8) is 0 Å². The number of nitrogens with zero attached hydrogens (tertiary/aromatic N) is 3. The van der Waals surface area contributed by atoms with E-state index in [9.17, 15) is 0 Å². The van der Waals surface area contributed by atoms with Gasteiger partial charge in [-0.15, -0.1) is 5.10 Å². The van der Waals surface area contributed by atoms with Gasteiger partial charge in [0.25, 0.3) is 0 Å². The number of aromatic nitrogens is 3. The molecule has 0 aliphatic carbocycles. The Bertz CT molecular complexity index is 639. The number of H-pyrrole nitrogens is 1. The second-order valence-electron chi connectivity index (χ2n) is 5.82. The van der Waals surface area contributed by atoms with Gasteiger partial charge in [-0.2, -0.15) is 4.98 Å². The van der Waals surface area contributed by atoms with Gasteiger partial charge in [-0.25, -0.2) is 0 Å². The number of hydrogen-bond donors (Lipinski definition) is 2. The van der Waals surface area contributed by atoms with Gasteiger partial charge >= 0.3 is 0 Å². The van der Waals surface area contributed by atoms with E-state index in [4.69, 9.17) is 5.73 Å². The van der Waals surface area contributed by atoms with Crippen LogP contribution in [-0.4, -0.2) is 34.3 Å². The zero-order valence-corrected chi connectivity index (χ0v) is 13.9. The highest BCUT2D eigenvalue weighted by Crippen LogP contribution is 2.25. The van der Waals surface area contributed by atoms with Crippen LogP contribution in [0.5, 0.6) is 0 Å². The second-order valence-corrected chi connectivity index (χ2v) is 6.68. The number of anilines is 1. The van der Waals surface area contributed by atoms with Crippen molar-refractivity contribution in [2.24, 2.45) is 11.7 Å². The first-order valence-corrected chi connectivity index (χ1v) is 8.03. The molecule has 0 amide bonds. The van der Waals surface area contributed by atoms with E-state index in [1.165, 1.54) is 5.56 Å². The molecular weight excluding hydrogens is 330 g/mol. The molecule has 21 heavy (non-hydrogen) atoms. The lowest BCUT2D eigenvalue weighted by Gasteiger charge is -2.34. The number of piperidine rings is 1. The standard InChI is InChI=1S/C15H20BrN5/c1-9-3-4-11(7-12(9)16)14-18-15(20-19-14)21-6-5-10(2)13(17)8-21/h3-4,7,10,13H,5-6,8,17H2,1-2H3,(H,18,19,20). The van der Waals surface area contributed by atoms with Gasteiger partial charge in [-0.05, 0) is 30.9 Å². The van der Waals surface area contributed by atoms with Crippen molar-refractivity contribution >= 4 is 21.9 Å². The number of benzene rings is 1. The molecule has 0 radical (unpaired) electrons. The van der Waals surface area contributed by atoms with Gasteiger partial charge in [0.1, 0.15) is 0 Å². The molecule has 3 N–H and O–H groups in total. The van der Waals surface area contributed by atoms with Crippen molar-refractivity contribution in [2.75, 3.05) is 18.0 Å². The highest BCUT2D eigenvalue weighted by molar-refractivity contribution is 9.10. The summed E-state index contributed by atoms with van der Waals surface area (Å²) in [5.41, 5.74) is 8.38. The van der Waals surface area contributed by atoms with Gasteiger partial charge in [0.05, 0.1) is 0 Å². The van der Waals surface area contributed by atoms with Crippen LogP contribution in [0.15, 0.2) is 22.7 Å². The van der Waals surface area contributed by atoms with E-state index < -0.39 is 0 Å². The summed E-state index contributed by atoms with van der Waals surface area (Å²) in [4.78, 5) is 6.78. The monoisotopic (exact) mass is 349 g/mol. The van der Waals surface area contributed by atoms with Crippen LogP contribution in [0.1, 0.15) is 18.9 Å². The van der Waals surface area contributed by atoms with Crippen LogP contribution in [0, 0.1) is 12.8 Å². The summed E-state index contributed by atoms with van der Waals surface area (Å²) in [5.74, 6) is 2.09. The van der Waals surface area contributed by atoms with Crippen LogP contribution in [0.3, 0.4) is 0 Å². The highest BCUT2D eigenvalue weighted by atomic mass is 79.9. The molecule has 0 bridgehead atoms. The Morgan fingerprint density at radius 1 is 1.43 bits per heavy atom. The van der Waals surface area contributed by atoms with Gasteiger partial charge in [-0.3, -0.25) is 5.10 Å². The average molecular weight is 350 g/mol. The molecular formula is C15H20BrN5. The van der Waals surface area contributed by atoms with Crippen LogP contribution >= 0.6 is 15.9 Å². The highest BCUT2D eigenvalue weighted by Gasteiger charge is 2.25. The summed E-state index contributed by atoms with van der Waals surface area (Å²) in [6.07, 6.45) is 1.08. The lowest BCUT2D eigenvalue weighted by atomic mass is 9.95. The fraction of sp³-hybridized carbons (Fsp3) is 0.467. The topological polar surface area (TPSA) is 70.8 Å². The summed E-state index contributed by atoms with van der Waals surface area (Å²) < 4.78 is 1.08. The van der Waals surface area contributed by atoms with Crippen LogP contribution in [-0.2, 0) is 0 Å². The summed E-state index contributed by atoms with van der Waals surface area (Å²) in [6.45, 7) is 6.05. The first kappa shape index (κ1) is 14.5. The van der Waals surface area contributed by atoms with Crippen molar-refractivity contribution < 1.29 is 0 Å². The minimum Gasteiger partial charge on any atom is -0.338 e. The van der Waals surface area contributed by atoms with E-state index in [0.29, 0.717) is 5.92 Å². The van der Waals surface area contributed by atoms with E-state index in [1.54, 1.807) is 0 Å². The SMILES string of the molecule is Cc1ccc(-c2nc(N3CCC(C)C(N)C3)n[nH]2)cc1Br. The van der Waals surface area contributed by atoms with Crippen molar-refractivity contribution in [3.05, 3.63) is 28.2 Å². The van der Waals surface area contributed by atoms with E-state index in [0.717, 1.165) is 41.3 Å². The normalized spacial score (nSPS) is 22.6. The zero-order chi connectivity index (χ0) is 15.0. The molecule has 1 aliphatic heterocycles. The summed E-state index contributed by atoms with van der Waals surface area (Å²) in [5, 5.41) is 7.37. The molecule has 1 aromatic carbocycles. The minimum atomic E-state index is 0.189. The quantitative estimate of drug-likeness (QED) is 0.874. The molecule has 0 spiro atoms. The number of nitrogens with one attached hydrogen (secondary N) is 1.